The van der Waals surface area contributed by atoms with Crippen LogP contribution in [0.4, 0.5) is 0 Å². The van der Waals surface area contributed by atoms with E-state index in [0.717, 1.165) is 17.9 Å². The van der Waals surface area contributed by atoms with Crippen molar-refractivity contribution in [2.75, 3.05) is 13.1 Å². The second kappa shape index (κ2) is 5.31. The van der Waals surface area contributed by atoms with Crippen LogP contribution in [-0.2, 0) is 0 Å². The van der Waals surface area contributed by atoms with Gasteiger partial charge in [0.15, 0.2) is 0 Å². The highest BCUT2D eigenvalue weighted by Crippen LogP contribution is 2.36. The predicted octanol–water partition coefficient (Wildman–Crippen LogP) is 2.15. The van der Waals surface area contributed by atoms with Gasteiger partial charge in [0.1, 0.15) is 0 Å². The summed E-state index contributed by atoms with van der Waals surface area (Å²) in [5, 5.41) is 7.30. The lowest BCUT2D eigenvalue weighted by Gasteiger charge is -2.26. The maximum atomic E-state index is 3.68. The van der Waals surface area contributed by atoms with Crippen molar-refractivity contribution < 1.29 is 0 Å². The first-order valence-electron chi connectivity index (χ1n) is 6.72. The highest BCUT2D eigenvalue weighted by molar-refractivity contribution is 4.85. The number of hydrogen-bond donors (Lipinski definition) is 2. The molecule has 15 heavy (non-hydrogen) atoms. The van der Waals surface area contributed by atoms with Gasteiger partial charge in [-0.1, -0.05) is 13.3 Å². The third-order valence-electron chi connectivity index (χ3n) is 4.06. The van der Waals surface area contributed by atoms with E-state index in [1.807, 2.05) is 0 Å². The van der Waals surface area contributed by atoms with Gasteiger partial charge < -0.3 is 10.6 Å². The van der Waals surface area contributed by atoms with E-state index in [2.05, 4.69) is 24.5 Å². The Morgan fingerprint density at radius 1 is 1.40 bits per heavy atom. The summed E-state index contributed by atoms with van der Waals surface area (Å²) in [6, 6.07) is 1.46. The molecule has 88 valence electrons. The van der Waals surface area contributed by atoms with Crippen LogP contribution in [0.25, 0.3) is 0 Å². The molecule has 2 N–H and O–H groups in total. The van der Waals surface area contributed by atoms with E-state index in [4.69, 9.17) is 0 Å². The van der Waals surface area contributed by atoms with Gasteiger partial charge in [-0.2, -0.15) is 0 Å². The lowest BCUT2D eigenvalue weighted by Crippen LogP contribution is -2.40. The maximum absolute atomic E-state index is 3.68. The van der Waals surface area contributed by atoms with Gasteiger partial charge in [-0.25, -0.2) is 0 Å². The van der Waals surface area contributed by atoms with Crippen LogP contribution in [0.1, 0.15) is 46.0 Å². The Kier molecular flexibility index (Phi) is 4.04. The van der Waals surface area contributed by atoms with Crippen LogP contribution in [0.15, 0.2) is 0 Å². The lowest BCUT2D eigenvalue weighted by molar-refractivity contribution is 0.343. The zero-order chi connectivity index (χ0) is 10.7. The van der Waals surface area contributed by atoms with Crippen LogP contribution < -0.4 is 10.6 Å². The van der Waals surface area contributed by atoms with Crippen molar-refractivity contribution in [2.45, 2.75) is 58.0 Å². The third kappa shape index (κ3) is 3.76. The molecule has 0 aromatic carbocycles. The molecule has 2 nitrogen and oxygen atoms in total. The summed E-state index contributed by atoms with van der Waals surface area (Å²) in [7, 11) is 0. The van der Waals surface area contributed by atoms with Crippen LogP contribution in [0.3, 0.4) is 0 Å². The van der Waals surface area contributed by atoms with Gasteiger partial charge in [-0.3, -0.25) is 0 Å². The molecular formula is C13H26N2. The van der Waals surface area contributed by atoms with Crippen molar-refractivity contribution in [1.82, 2.24) is 10.6 Å². The van der Waals surface area contributed by atoms with Crippen LogP contribution >= 0.6 is 0 Å². The van der Waals surface area contributed by atoms with E-state index in [1.54, 1.807) is 0 Å². The zero-order valence-corrected chi connectivity index (χ0v) is 10.3. The molecule has 0 aromatic rings. The molecule has 4 unspecified atom stereocenters. The summed E-state index contributed by atoms with van der Waals surface area (Å²) < 4.78 is 0. The molecule has 2 fully saturated rings. The fourth-order valence-electron chi connectivity index (χ4n) is 2.67. The Morgan fingerprint density at radius 2 is 2.20 bits per heavy atom. The van der Waals surface area contributed by atoms with Crippen molar-refractivity contribution in [2.24, 2.45) is 11.8 Å². The van der Waals surface area contributed by atoms with Crippen LogP contribution in [0.5, 0.6) is 0 Å². The second-order valence-electron chi connectivity index (χ2n) is 5.66. The molecule has 0 amide bonds. The molecule has 0 radical (unpaired) electrons. The standard InChI is InChI=1S/C13H26N2/c1-10-7-12(10)9-15-11(2)8-13-5-3-4-6-14-13/h10-15H,3-9H2,1-2H3. The van der Waals surface area contributed by atoms with Gasteiger partial charge in [-0.15, -0.1) is 0 Å². The summed E-state index contributed by atoms with van der Waals surface area (Å²) >= 11 is 0. The molecule has 1 aliphatic heterocycles. The Balaban J connectivity index is 1.56. The maximum Gasteiger partial charge on any atom is 0.00817 e. The van der Waals surface area contributed by atoms with Gasteiger partial charge in [0.25, 0.3) is 0 Å². The Labute approximate surface area is 94.2 Å². The predicted molar refractivity (Wildman–Crippen MR) is 65.0 cm³/mol. The Hall–Kier alpha value is -0.0800. The van der Waals surface area contributed by atoms with Crippen LogP contribution in [0.2, 0.25) is 0 Å². The minimum absolute atomic E-state index is 0.688. The van der Waals surface area contributed by atoms with E-state index in [1.165, 1.54) is 45.2 Å². The van der Waals surface area contributed by atoms with Gasteiger partial charge in [-0.05, 0) is 57.5 Å². The smallest absolute Gasteiger partial charge is 0.00817 e. The molecule has 0 spiro atoms. The minimum Gasteiger partial charge on any atom is -0.314 e. The first-order valence-corrected chi connectivity index (χ1v) is 6.72. The summed E-state index contributed by atoms with van der Waals surface area (Å²) in [6.07, 6.45) is 6.93. The number of hydrogen-bond acceptors (Lipinski definition) is 2. The highest BCUT2D eigenvalue weighted by atomic mass is 15.0. The fraction of sp³-hybridized carbons (Fsp3) is 1.00. The van der Waals surface area contributed by atoms with Crippen LogP contribution in [-0.4, -0.2) is 25.2 Å². The molecule has 1 saturated heterocycles. The molecule has 1 aliphatic carbocycles. The first kappa shape index (κ1) is 11.4. The highest BCUT2D eigenvalue weighted by Gasteiger charge is 2.32. The molecule has 2 heteroatoms. The monoisotopic (exact) mass is 210 g/mol. The van der Waals surface area contributed by atoms with Crippen LogP contribution in [0, 0.1) is 11.8 Å². The van der Waals surface area contributed by atoms with Crippen molar-refractivity contribution in [3.63, 3.8) is 0 Å². The van der Waals surface area contributed by atoms with E-state index < -0.39 is 0 Å². The quantitative estimate of drug-likeness (QED) is 0.726. The molecule has 0 aromatic heterocycles. The number of rotatable bonds is 5. The topological polar surface area (TPSA) is 24.1 Å². The molecular weight excluding hydrogens is 184 g/mol. The van der Waals surface area contributed by atoms with E-state index in [9.17, 15) is 0 Å². The largest absolute Gasteiger partial charge is 0.314 e. The molecule has 4 atom stereocenters. The summed E-state index contributed by atoms with van der Waals surface area (Å²) in [6.45, 7) is 7.18. The normalized spacial score (nSPS) is 37.6. The SMILES string of the molecule is CC(CC1CCCCN1)NCC1CC1C. The lowest BCUT2D eigenvalue weighted by atomic mass is 9.99. The number of piperidine rings is 1. The van der Waals surface area contributed by atoms with Crippen molar-refractivity contribution in [3.05, 3.63) is 0 Å². The minimum atomic E-state index is 0.688. The molecule has 2 aliphatic rings. The molecule has 1 heterocycles. The van der Waals surface area contributed by atoms with E-state index >= 15 is 0 Å². The fourth-order valence-corrected chi connectivity index (χ4v) is 2.67. The zero-order valence-electron chi connectivity index (χ0n) is 10.3. The van der Waals surface area contributed by atoms with Gasteiger partial charge in [0.05, 0.1) is 0 Å². The van der Waals surface area contributed by atoms with Gasteiger partial charge in [0.2, 0.25) is 0 Å². The average molecular weight is 210 g/mol. The summed E-state index contributed by atoms with van der Waals surface area (Å²) in [5.41, 5.74) is 0. The van der Waals surface area contributed by atoms with Crippen molar-refractivity contribution in [3.8, 4) is 0 Å². The Morgan fingerprint density at radius 3 is 2.80 bits per heavy atom. The third-order valence-corrected chi connectivity index (χ3v) is 4.06. The van der Waals surface area contributed by atoms with Gasteiger partial charge >= 0.3 is 0 Å². The van der Waals surface area contributed by atoms with E-state index in [-0.39, 0.29) is 0 Å². The summed E-state index contributed by atoms with van der Waals surface area (Å²) in [4.78, 5) is 0. The van der Waals surface area contributed by atoms with Crippen molar-refractivity contribution >= 4 is 0 Å². The van der Waals surface area contributed by atoms with Crippen molar-refractivity contribution in [1.29, 1.82) is 0 Å². The first-order chi connectivity index (χ1) is 7.25. The average Bonchev–Trinajstić information content (AvgIpc) is 2.93. The van der Waals surface area contributed by atoms with E-state index in [0.29, 0.717) is 6.04 Å². The van der Waals surface area contributed by atoms with Gasteiger partial charge in [0, 0.05) is 12.1 Å². The second-order valence-corrected chi connectivity index (χ2v) is 5.66. The Bertz CT molecular complexity index is 187. The molecule has 1 saturated carbocycles. The molecule has 0 bridgehead atoms. The summed E-state index contributed by atoms with van der Waals surface area (Å²) in [5.74, 6) is 1.96. The molecule has 2 rings (SSSR count). The number of nitrogens with one attached hydrogen (secondary N) is 2.